The predicted octanol–water partition coefficient (Wildman–Crippen LogP) is 2.73. The molecule has 0 saturated heterocycles. The summed E-state index contributed by atoms with van der Waals surface area (Å²) in [5, 5.41) is 3.11. The highest BCUT2D eigenvalue weighted by atomic mass is 79.9. The van der Waals surface area contributed by atoms with Crippen LogP contribution >= 0.6 is 27.3 Å². The molecule has 1 rings (SSSR count). The fraction of sp³-hybridized carbons (Fsp3) is 0.643. The van der Waals surface area contributed by atoms with Gasteiger partial charge in [0.25, 0.3) is 0 Å². The zero-order valence-electron chi connectivity index (χ0n) is 13.7. The predicted molar refractivity (Wildman–Crippen MR) is 98.4 cm³/mol. The van der Waals surface area contributed by atoms with Crippen molar-refractivity contribution < 1.29 is 8.42 Å². The van der Waals surface area contributed by atoms with Gasteiger partial charge in [-0.05, 0) is 48.8 Å². The summed E-state index contributed by atoms with van der Waals surface area (Å²) >= 11 is 5.12. The van der Waals surface area contributed by atoms with E-state index in [4.69, 9.17) is 0 Å². The molecule has 0 aliphatic carbocycles. The van der Waals surface area contributed by atoms with Crippen molar-refractivity contribution in [3.8, 4) is 0 Å². The molecule has 1 aromatic heterocycles. The molecule has 0 radical (unpaired) electrons. The second-order valence-electron chi connectivity index (χ2n) is 5.97. The van der Waals surface area contributed by atoms with Crippen molar-refractivity contribution in [2.75, 3.05) is 26.4 Å². The van der Waals surface area contributed by atoms with E-state index in [1.807, 2.05) is 18.0 Å². The van der Waals surface area contributed by atoms with Gasteiger partial charge in [-0.25, -0.2) is 8.42 Å². The van der Waals surface area contributed by atoms with Gasteiger partial charge in [0, 0.05) is 25.5 Å². The van der Waals surface area contributed by atoms with E-state index in [-0.39, 0.29) is 5.75 Å². The highest BCUT2D eigenvalue weighted by Gasteiger charge is 2.28. The van der Waals surface area contributed by atoms with E-state index in [2.05, 4.69) is 32.3 Å². The van der Waals surface area contributed by atoms with Crippen LogP contribution in [0.25, 0.3) is 0 Å². The van der Waals surface area contributed by atoms with E-state index in [0.717, 1.165) is 10.3 Å². The minimum absolute atomic E-state index is 0.0912. The molecular formula is C14H24BrN3O2S2. The average molecular weight is 410 g/mol. The molecule has 0 fully saturated rings. The first kappa shape index (κ1) is 19.4. The normalized spacial score (nSPS) is 13.3. The molecule has 0 aromatic carbocycles. The van der Waals surface area contributed by atoms with Gasteiger partial charge < -0.3 is 10.2 Å². The molecule has 0 amide bonds. The van der Waals surface area contributed by atoms with Crippen molar-refractivity contribution in [2.24, 2.45) is 4.99 Å². The summed E-state index contributed by atoms with van der Waals surface area (Å²) < 4.78 is 24.5. The average Bonchev–Trinajstić information content (AvgIpc) is 2.78. The maximum atomic E-state index is 12.1. The van der Waals surface area contributed by atoms with E-state index in [9.17, 15) is 8.42 Å². The molecular weight excluding hydrogens is 386 g/mol. The first-order valence-corrected chi connectivity index (χ1v) is 10.2. The van der Waals surface area contributed by atoms with E-state index in [1.165, 1.54) is 4.88 Å². The van der Waals surface area contributed by atoms with Crippen molar-refractivity contribution in [1.82, 2.24) is 10.2 Å². The van der Waals surface area contributed by atoms with Crippen molar-refractivity contribution >= 4 is 43.1 Å². The number of rotatable bonds is 5. The Kier molecular flexibility index (Phi) is 6.88. The second-order valence-corrected chi connectivity index (χ2v) is 11.4. The van der Waals surface area contributed by atoms with Crippen LogP contribution in [0, 0.1) is 0 Å². The first-order chi connectivity index (χ1) is 10.1. The van der Waals surface area contributed by atoms with Gasteiger partial charge in [0.05, 0.1) is 20.8 Å². The number of sulfone groups is 1. The van der Waals surface area contributed by atoms with Gasteiger partial charge >= 0.3 is 0 Å². The summed E-state index contributed by atoms with van der Waals surface area (Å²) in [6.45, 7) is 6.24. The molecule has 126 valence electrons. The molecule has 0 aliphatic rings. The van der Waals surface area contributed by atoms with Crippen LogP contribution in [0.5, 0.6) is 0 Å². The van der Waals surface area contributed by atoms with Gasteiger partial charge in [-0.1, -0.05) is 0 Å². The van der Waals surface area contributed by atoms with Crippen molar-refractivity contribution in [3.63, 3.8) is 0 Å². The maximum Gasteiger partial charge on any atom is 0.193 e. The van der Waals surface area contributed by atoms with Crippen LogP contribution in [-0.4, -0.2) is 50.4 Å². The van der Waals surface area contributed by atoms with E-state index in [0.29, 0.717) is 12.5 Å². The summed E-state index contributed by atoms with van der Waals surface area (Å²) in [5.41, 5.74) is 0. The third kappa shape index (κ3) is 5.55. The lowest BCUT2D eigenvalue weighted by Gasteiger charge is -2.23. The minimum Gasteiger partial charge on any atom is -0.355 e. The Morgan fingerprint density at radius 3 is 2.50 bits per heavy atom. The summed E-state index contributed by atoms with van der Waals surface area (Å²) in [7, 11) is 0.505. The van der Waals surface area contributed by atoms with Gasteiger partial charge in [0.1, 0.15) is 0 Å². The molecule has 1 aromatic rings. The number of nitrogens with one attached hydrogen (secondary N) is 1. The number of thiophene rings is 1. The SMILES string of the molecule is CN=C(NCCS(=O)(=O)C(C)(C)C)N(C)Cc1ccc(Br)s1. The van der Waals surface area contributed by atoms with Crippen molar-refractivity contribution in [1.29, 1.82) is 0 Å². The van der Waals surface area contributed by atoms with E-state index >= 15 is 0 Å². The number of guanidine groups is 1. The number of hydrogen-bond acceptors (Lipinski definition) is 4. The van der Waals surface area contributed by atoms with Gasteiger partial charge in [-0.15, -0.1) is 11.3 Å². The molecule has 5 nitrogen and oxygen atoms in total. The molecule has 0 atom stereocenters. The summed E-state index contributed by atoms with van der Waals surface area (Å²) in [5.74, 6) is 0.780. The van der Waals surface area contributed by atoms with Crippen LogP contribution in [0.15, 0.2) is 20.9 Å². The Morgan fingerprint density at radius 1 is 1.41 bits per heavy atom. The lowest BCUT2D eigenvalue weighted by Crippen LogP contribution is -2.42. The number of hydrogen-bond donors (Lipinski definition) is 1. The fourth-order valence-corrected chi connectivity index (χ4v) is 4.25. The topological polar surface area (TPSA) is 61.8 Å². The minimum atomic E-state index is -3.12. The summed E-state index contributed by atoms with van der Waals surface area (Å²) in [6.07, 6.45) is 0. The molecule has 1 heterocycles. The summed E-state index contributed by atoms with van der Waals surface area (Å²) in [6, 6.07) is 4.07. The number of aliphatic imine (C=N–C) groups is 1. The molecule has 0 saturated carbocycles. The third-order valence-electron chi connectivity index (χ3n) is 3.18. The Balaban J connectivity index is 2.56. The van der Waals surface area contributed by atoms with Crippen LogP contribution in [-0.2, 0) is 16.4 Å². The largest absolute Gasteiger partial charge is 0.355 e. The Labute approximate surface area is 145 Å². The zero-order valence-corrected chi connectivity index (χ0v) is 16.9. The van der Waals surface area contributed by atoms with Gasteiger partial charge in [0.2, 0.25) is 0 Å². The molecule has 0 bridgehead atoms. The molecule has 0 unspecified atom stereocenters. The van der Waals surface area contributed by atoms with Gasteiger partial charge in [0.15, 0.2) is 15.8 Å². The summed E-state index contributed by atoms with van der Waals surface area (Å²) in [4.78, 5) is 7.38. The molecule has 0 aliphatic heterocycles. The molecule has 1 N–H and O–H groups in total. The van der Waals surface area contributed by atoms with Crippen LogP contribution < -0.4 is 5.32 Å². The van der Waals surface area contributed by atoms with Gasteiger partial charge in [-0.2, -0.15) is 0 Å². The lowest BCUT2D eigenvalue weighted by atomic mass is 10.3. The van der Waals surface area contributed by atoms with Gasteiger partial charge in [-0.3, -0.25) is 4.99 Å². The van der Waals surface area contributed by atoms with E-state index in [1.54, 1.807) is 39.2 Å². The Hall–Kier alpha value is -0.600. The highest BCUT2D eigenvalue weighted by molar-refractivity contribution is 9.11. The van der Waals surface area contributed by atoms with Crippen molar-refractivity contribution in [2.45, 2.75) is 32.1 Å². The molecule has 0 spiro atoms. The Morgan fingerprint density at radius 2 is 2.05 bits per heavy atom. The standard InChI is InChI=1S/C14H24BrN3O2S2/c1-14(2,3)22(19,20)9-8-17-13(16-4)18(5)10-11-6-7-12(15)21-11/h6-7H,8-10H2,1-5H3,(H,16,17). The fourth-order valence-electron chi connectivity index (χ4n) is 1.73. The highest BCUT2D eigenvalue weighted by Crippen LogP contribution is 2.23. The number of halogens is 1. The van der Waals surface area contributed by atoms with Crippen LogP contribution in [0.4, 0.5) is 0 Å². The molecule has 8 heteroatoms. The first-order valence-electron chi connectivity index (χ1n) is 6.95. The van der Waals surface area contributed by atoms with E-state index < -0.39 is 14.6 Å². The quantitative estimate of drug-likeness (QED) is 0.599. The monoisotopic (exact) mass is 409 g/mol. The zero-order chi connectivity index (χ0) is 17.0. The smallest absolute Gasteiger partial charge is 0.193 e. The van der Waals surface area contributed by atoms with Crippen LogP contribution in [0.1, 0.15) is 25.6 Å². The second kappa shape index (κ2) is 7.79. The maximum absolute atomic E-state index is 12.1. The van der Waals surface area contributed by atoms with Crippen LogP contribution in [0.2, 0.25) is 0 Å². The number of nitrogens with zero attached hydrogens (tertiary/aromatic N) is 2. The lowest BCUT2D eigenvalue weighted by molar-refractivity contribution is 0.483. The van der Waals surface area contributed by atoms with Crippen LogP contribution in [0.3, 0.4) is 0 Å². The third-order valence-corrected chi connectivity index (χ3v) is 7.40. The van der Waals surface area contributed by atoms with Crippen molar-refractivity contribution in [3.05, 3.63) is 20.8 Å². The molecule has 22 heavy (non-hydrogen) atoms. The Bertz CT molecular complexity index is 618.